The van der Waals surface area contributed by atoms with E-state index in [0.717, 1.165) is 6.07 Å². The summed E-state index contributed by atoms with van der Waals surface area (Å²) >= 11 is 11.1. The molecule has 1 aromatic rings. The first-order chi connectivity index (χ1) is 7.36. The van der Waals surface area contributed by atoms with E-state index in [9.17, 15) is 13.6 Å². The number of alkyl halides is 2. The molecule has 1 rings (SSSR count). The standard InChI is InChI=1S/C8H6Cl2F2N2O2/c9-4-1-2-6(5(10)3-4)16-8(11,12)7(15)14-13/h1-3H,13H2,(H,14,15). The van der Waals surface area contributed by atoms with Gasteiger partial charge in [0.2, 0.25) is 0 Å². The van der Waals surface area contributed by atoms with Crippen molar-refractivity contribution in [3.05, 3.63) is 28.2 Å². The largest absolute Gasteiger partial charge is 0.483 e. The van der Waals surface area contributed by atoms with Crippen LogP contribution in [0.1, 0.15) is 0 Å². The first-order valence-corrected chi connectivity index (χ1v) is 4.65. The molecule has 0 heterocycles. The zero-order valence-electron chi connectivity index (χ0n) is 7.64. The summed E-state index contributed by atoms with van der Waals surface area (Å²) in [5.74, 6) is 2.41. The van der Waals surface area contributed by atoms with Gasteiger partial charge in [0.1, 0.15) is 5.75 Å². The van der Waals surface area contributed by atoms with Crippen molar-refractivity contribution in [3.8, 4) is 5.75 Å². The lowest BCUT2D eigenvalue weighted by Gasteiger charge is -2.16. The van der Waals surface area contributed by atoms with Gasteiger partial charge in [-0.25, -0.2) is 5.84 Å². The molecule has 1 amide bonds. The van der Waals surface area contributed by atoms with Gasteiger partial charge in [0, 0.05) is 5.02 Å². The molecule has 0 bridgehead atoms. The second-order valence-corrected chi connectivity index (χ2v) is 3.51. The molecule has 0 aliphatic rings. The number of ether oxygens (including phenoxy) is 1. The molecular formula is C8H6Cl2F2N2O2. The number of hydrogen-bond donors (Lipinski definition) is 2. The van der Waals surface area contributed by atoms with Crippen LogP contribution in [0.3, 0.4) is 0 Å². The fraction of sp³-hybridized carbons (Fsp3) is 0.125. The summed E-state index contributed by atoms with van der Waals surface area (Å²) in [5.41, 5.74) is 1.27. The number of amides is 1. The molecule has 88 valence electrons. The summed E-state index contributed by atoms with van der Waals surface area (Å²) in [5, 5.41) is 0.112. The SMILES string of the molecule is NNC(=O)C(F)(F)Oc1ccc(Cl)cc1Cl. The van der Waals surface area contributed by atoms with Crippen LogP contribution in [0, 0.1) is 0 Å². The Morgan fingerprint density at radius 3 is 2.56 bits per heavy atom. The fourth-order valence-corrected chi connectivity index (χ4v) is 1.27. The number of hydrazine groups is 1. The lowest BCUT2D eigenvalue weighted by atomic mass is 10.3. The summed E-state index contributed by atoms with van der Waals surface area (Å²) in [6.07, 6.45) is -4.10. The van der Waals surface area contributed by atoms with E-state index >= 15 is 0 Å². The Morgan fingerprint density at radius 2 is 2.06 bits per heavy atom. The molecule has 3 N–H and O–H groups in total. The van der Waals surface area contributed by atoms with Crippen molar-refractivity contribution in [2.45, 2.75) is 6.11 Å². The number of carbonyl (C=O) groups excluding carboxylic acids is 1. The smallest absolute Gasteiger partial charge is 0.424 e. The molecule has 0 radical (unpaired) electrons. The molecule has 0 unspecified atom stereocenters. The van der Waals surface area contributed by atoms with E-state index in [0.29, 0.717) is 0 Å². The highest BCUT2D eigenvalue weighted by molar-refractivity contribution is 6.35. The second kappa shape index (κ2) is 4.82. The Balaban J connectivity index is 2.92. The van der Waals surface area contributed by atoms with E-state index in [2.05, 4.69) is 10.6 Å². The summed E-state index contributed by atoms with van der Waals surface area (Å²) < 4.78 is 30.1. The van der Waals surface area contributed by atoms with Gasteiger partial charge in [-0.05, 0) is 18.2 Å². The predicted molar refractivity (Wildman–Crippen MR) is 54.4 cm³/mol. The molecular weight excluding hydrogens is 265 g/mol. The van der Waals surface area contributed by atoms with Gasteiger partial charge in [0.05, 0.1) is 5.02 Å². The lowest BCUT2D eigenvalue weighted by molar-refractivity contribution is -0.192. The van der Waals surface area contributed by atoms with Crippen molar-refractivity contribution < 1.29 is 18.3 Å². The second-order valence-electron chi connectivity index (χ2n) is 2.67. The fourth-order valence-electron chi connectivity index (χ4n) is 0.826. The third-order valence-electron chi connectivity index (χ3n) is 1.53. The highest BCUT2D eigenvalue weighted by atomic mass is 35.5. The van der Waals surface area contributed by atoms with Crippen LogP contribution in [0.2, 0.25) is 10.0 Å². The molecule has 0 saturated heterocycles. The highest BCUT2D eigenvalue weighted by Gasteiger charge is 2.42. The van der Waals surface area contributed by atoms with Crippen molar-refractivity contribution in [2.24, 2.45) is 5.84 Å². The summed E-state index contributed by atoms with van der Waals surface area (Å²) in [7, 11) is 0. The summed E-state index contributed by atoms with van der Waals surface area (Å²) in [4.78, 5) is 10.6. The normalized spacial score (nSPS) is 11.1. The van der Waals surface area contributed by atoms with Gasteiger partial charge in [-0.3, -0.25) is 10.2 Å². The predicted octanol–water partition coefficient (Wildman–Crippen LogP) is 1.95. The average molecular weight is 271 g/mol. The van der Waals surface area contributed by atoms with Crippen molar-refractivity contribution >= 4 is 29.1 Å². The van der Waals surface area contributed by atoms with E-state index in [-0.39, 0.29) is 15.8 Å². The molecule has 1 aromatic carbocycles. The summed E-state index contributed by atoms with van der Waals surface area (Å²) in [6, 6.07) is 3.61. The van der Waals surface area contributed by atoms with Gasteiger partial charge in [-0.2, -0.15) is 8.78 Å². The summed E-state index contributed by atoms with van der Waals surface area (Å²) in [6.45, 7) is 0. The first-order valence-electron chi connectivity index (χ1n) is 3.90. The van der Waals surface area contributed by atoms with Gasteiger partial charge in [0.15, 0.2) is 0 Å². The minimum Gasteiger partial charge on any atom is -0.424 e. The van der Waals surface area contributed by atoms with Crippen molar-refractivity contribution in [2.75, 3.05) is 0 Å². The van der Waals surface area contributed by atoms with E-state index in [1.807, 2.05) is 0 Å². The van der Waals surface area contributed by atoms with Gasteiger partial charge < -0.3 is 4.74 Å². The molecule has 0 fully saturated rings. The van der Waals surface area contributed by atoms with E-state index < -0.39 is 12.0 Å². The lowest BCUT2D eigenvalue weighted by Crippen LogP contribution is -2.47. The van der Waals surface area contributed by atoms with Crippen LogP contribution in [0.25, 0.3) is 0 Å². The van der Waals surface area contributed by atoms with Crippen molar-refractivity contribution in [1.29, 1.82) is 0 Å². The Morgan fingerprint density at radius 1 is 1.44 bits per heavy atom. The molecule has 8 heteroatoms. The third-order valence-corrected chi connectivity index (χ3v) is 2.06. The molecule has 0 atom stereocenters. The molecule has 0 aliphatic heterocycles. The quantitative estimate of drug-likeness (QED) is 0.501. The zero-order chi connectivity index (χ0) is 12.3. The topological polar surface area (TPSA) is 64.3 Å². The Kier molecular flexibility index (Phi) is 3.90. The average Bonchev–Trinajstić information content (AvgIpc) is 2.21. The molecule has 0 aromatic heterocycles. The van der Waals surface area contributed by atoms with Crippen LogP contribution in [-0.4, -0.2) is 12.0 Å². The maximum absolute atomic E-state index is 13.0. The first kappa shape index (κ1) is 13.0. The number of nitrogens with one attached hydrogen (secondary N) is 1. The van der Waals surface area contributed by atoms with Crippen molar-refractivity contribution in [3.63, 3.8) is 0 Å². The van der Waals surface area contributed by atoms with Crippen LogP contribution < -0.4 is 16.0 Å². The molecule has 16 heavy (non-hydrogen) atoms. The Hall–Kier alpha value is -1.11. The van der Waals surface area contributed by atoms with Crippen LogP contribution >= 0.6 is 23.2 Å². The van der Waals surface area contributed by atoms with Crippen LogP contribution in [0.5, 0.6) is 5.75 Å². The van der Waals surface area contributed by atoms with Gasteiger partial charge >= 0.3 is 12.0 Å². The van der Waals surface area contributed by atoms with E-state index in [1.165, 1.54) is 17.6 Å². The molecule has 0 aliphatic carbocycles. The molecule has 4 nitrogen and oxygen atoms in total. The highest BCUT2D eigenvalue weighted by Crippen LogP contribution is 2.31. The number of hydrogen-bond acceptors (Lipinski definition) is 3. The molecule has 0 saturated carbocycles. The van der Waals surface area contributed by atoms with E-state index in [4.69, 9.17) is 23.2 Å². The minimum atomic E-state index is -4.10. The van der Waals surface area contributed by atoms with Gasteiger partial charge in [-0.1, -0.05) is 23.2 Å². The number of nitrogens with two attached hydrogens (primary N) is 1. The van der Waals surface area contributed by atoms with Crippen LogP contribution in [0.15, 0.2) is 18.2 Å². The monoisotopic (exact) mass is 270 g/mol. The number of benzene rings is 1. The number of halogens is 4. The van der Waals surface area contributed by atoms with E-state index in [1.54, 1.807) is 0 Å². The third kappa shape index (κ3) is 2.94. The zero-order valence-corrected chi connectivity index (χ0v) is 9.15. The van der Waals surface area contributed by atoms with Gasteiger partial charge in [0.25, 0.3) is 0 Å². The number of rotatable bonds is 3. The maximum atomic E-state index is 13.0. The number of carbonyl (C=O) groups is 1. The van der Waals surface area contributed by atoms with Crippen LogP contribution in [0.4, 0.5) is 8.78 Å². The molecule has 0 spiro atoms. The minimum absolute atomic E-state index is 0.142. The van der Waals surface area contributed by atoms with Gasteiger partial charge in [-0.15, -0.1) is 0 Å². The Bertz CT molecular complexity index is 415. The maximum Gasteiger partial charge on any atom is 0.483 e. The van der Waals surface area contributed by atoms with Crippen molar-refractivity contribution in [1.82, 2.24) is 5.43 Å². The van der Waals surface area contributed by atoms with Crippen LogP contribution in [-0.2, 0) is 4.79 Å². The Labute approximate surface area is 99.2 Å².